The largest absolute Gasteiger partial charge is 0.309 e. The molecule has 0 fully saturated rings. The van der Waals surface area contributed by atoms with E-state index in [-0.39, 0.29) is 6.04 Å². The minimum Gasteiger partial charge on any atom is -0.309 e. The van der Waals surface area contributed by atoms with Crippen LogP contribution >= 0.6 is 11.3 Å². The van der Waals surface area contributed by atoms with Gasteiger partial charge in [0.15, 0.2) is 0 Å². The molecular formula is C14H13N3S. The van der Waals surface area contributed by atoms with Crippen LogP contribution in [0.2, 0.25) is 0 Å². The molecule has 0 spiro atoms. The lowest BCUT2D eigenvalue weighted by Crippen LogP contribution is -2.17. The van der Waals surface area contributed by atoms with Crippen LogP contribution < -0.4 is 5.32 Å². The molecule has 0 bridgehead atoms. The molecule has 0 aliphatic heterocycles. The van der Waals surface area contributed by atoms with Crippen LogP contribution in [0.1, 0.15) is 16.5 Å². The zero-order valence-electron chi connectivity index (χ0n) is 10.00. The Morgan fingerprint density at radius 2 is 2.00 bits per heavy atom. The van der Waals surface area contributed by atoms with Crippen LogP contribution in [-0.2, 0) is 0 Å². The fraction of sp³-hybridized carbons (Fsp3) is 0.143. The van der Waals surface area contributed by atoms with Crippen LogP contribution in [0.3, 0.4) is 0 Å². The van der Waals surface area contributed by atoms with E-state index in [9.17, 15) is 0 Å². The second-order valence-corrected chi connectivity index (χ2v) is 4.99. The first kappa shape index (κ1) is 11.3. The topological polar surface area (TPSA) is 37.8 Å². The lowest BCUT2D eigenvalue weighted by atomic mass is 10.0. The first-order chi connectivity index (χ1) is 8.90. The van der Waals surface area contributed by atoms with E-state index in [1.165, 1.54) is 10.4 Å². The molecule has 3 rings (SSSR count). The molecule has 0 aliphatic rings. The standard InChI is InChI=1S/C14H13N3S/c1-15-14(12-6-3-9-18-12)10-4-2-5-11-13(10)17-8-7-16-11/h2-9,14-15H,1H3. The van der Waals surface area contributed by atoms with Gasteiger partial charge < -0.3 is 5.32 Å². The number of para-hydroxylation sites is 1. The van der Waals surface area contributed by atoms with E-state index >= 15 is 0 Å². The number of thiophene rings is 1. The van der Waals surface area contributed by atoms with E-state index in [0.717, 1.165) is 11.0 Å². The Kier molecular flexibility index (Phi) is 3.04. The van der Waals surface area contributed by atoms with Gasteiger partial charge in [-0.1, -0.05) is 18.2 Å². The zero-order chi connectivity index (χ0) is 12.4. The van der Waals surface area contributed by atoms with E-state index < -0.39 is 0 Å². The lowest BCUT2D eigenvalue weighted by molar-refractivity contribution is 0.707. The van der Waals surface area contributed by atoms with Crippen molar-refractivity contribution >= 4 is 22.4 Å². The maximum absolute atomic E-state index is 4.46. The Balaban J connectivity index is 2.18. The van der Waals surface area contributed by atoms with Gasteiger partial charge >= 0.3 is 0 Å². The Morgan fingerprint density at radius 1 is 1.11 bits per heavy atom. The van der Waals surface area contributed by atoms with E-state index in [0.29, 0.717) is 0 Å². The van der Waals surface area contributed by atoms with Gasteiger partial charge in [0.25, 0.3) is 0 Å². The van der Waals surface area contributed by atoms with Crippen LogP contribution in [0.25, 0.3) is 11.0 Å². The molecule has 1 atom stereocenters. The van der Waals surface area contributed by atoms with Gasteiger partial charge in [0, 0.05) is 22.8 Å². The van der Waals surface area contributed by atoms with E-state index in [4.69, 9.17) is 0 Å². The fourth-order valence-electron chi connectivity index (χ4n) is 2.15. The molecular weight excluding hydrogens is 242 g/mol. The summed E-state index contributed by atoms with van der Waals surface area (Å²) < 4.78 is 0. The molecule has 1 N–H and O–H groups in total. The highest BCUT2D eigenvalue weighted by atomic mass is 32.1. The summed E-state index contributed by atoms with van der Waals surface area (Å²) in [5, 5.41) is 5.45. The number of benzene rings is 1. The molecule has 0 saturated heterocycles. The Hall–Kier alpha value is -1.78. The summed E-state index contributed by atoms with van der Waals surface area (Å²) >= 11 is 1.75. The highest BCUT2D eigenvalue weighted by Crippen LogP contribution is 2.29. The van der Waals surface area contributed by atoms with Crippen molar-refractivity contribution in [1.82, 2.24) is 15.3 Å². The van der Waals surface area contributed by atoms with Crippen molar-refractivity contribution in [2.24, 2.45) is 0 Å². The fourth-order valence-corrected chi connectivity index (χ4v) is 3.01. The smallest absolute Gasteiger partial charge is 0.0938 e. The molecule has 1 unspecified atom stereocenters. The molecule has 2 aromatic heterocycles. The molecule has 3 aromatic rings. The minimum atomic E-state index is 0.172. The Bertz CT molecular complexity index is 644. The summed E-state index contributed by atoms with van der Waals surface area (Å²) in [7, 11) is 1.97. The summed E-state index contributed by atoms with van der Waals surface area (Å²) in [6, 6.07) is 10.5. The summed E-state index contributed by atoms with van der Waals surface area (Å²) in [4.78, 5) is 10.1. The summed E-state index contributed by atoms with van der Waals surface area (Å²) in [6.45, 7) is 0. The highest BCUT2D eigenvalue weighted by molar-refractivity contribution is 7.10. The van der Waals surface area contributed by atoms with Crippen molar-refractivity contribution in [3.05, 3.63) is 58.5 Å². The minimum absolute atomic E-state index is 0.172. The van der Waals surface area contributed by atoms with E-state index in [1.54, 1.807) is 23.7 Å². The predicted octanol–water partition coefficient (Wildman–Crippen LogP) is 3.00. The van der Waals surface area contributed by atoms with Gasteiger partial charge in [-0.15, -0.1) is 11.3 Å². The summed E-state index contributed by atoms with van der Waals surface area (Å²) in [6.07, 6.45) is 3.47. The number of nitrogens with one attached hydrogen (secondary N) is 1. The first-order valence-corrected chi connectivity index (χ1v) is 6.68. The maximum atomic E-state index is 4.46. The van der Waals surface area contributed by atoms with Crippen molar-refractivity contribution in [3.63, 3.8) is 0 Å². The Labute approximate surface area is 110 Å². The Morgan fingerprint density at radius 3 is 2.78 bits per heavy atom. The maximum Gasteiger partial charge on any atom is 0.0938 e. The SMILES string of the molecule is CNC(c1cccs1)c1cccc2nccnc12. The van der Waals surface area contributed by atoms with E-state index in [2.05, 4.69) is 38.9 Å². The third-order valence-corrected chi connectivity index (χ3v) is 3.89. The monoisotopic (exact) mass is 255 g/mol. The number of rotatable bonds is 3. The number of nitrogens with zero attached hydrogens (tertiary/aromatic N) is 2. The van der Waals surface area contributed by atoms with E-state index in [1.807, 2.05) is 19.2 Å². The second-order valence-electron chi connectivity index (χ2n) is 4.01. The molecule has 1 aromatic carbocycles. The average molecular weight is 255 g/mol. The quantitative estimate of drug-likeness (QED) is 0.781. The molecule has 0 amide bonds. The molecule has 0 aliphatic carbocycles. The second kappa shape index (κ2) is 4.84. The first-order valence-electron chi connectivity index (χ1n) is 5.80. The van der Waals surface area contributed by atoms with Crippen LogP contribution in [0.4, 0.5) is 0 Å². The normalized spacial score (nSPS) is 12.7. The molecule has 4 heteroatoms. The van der Waals surface area contributed by atoms with Gasteiger partial charge in [0.2, 0.25) is 0 Å². The molecule has 90 valence electrons. The van der Waals surface area contributed by atoms with Crippen molar-refractivity contribution in [2.75, 3.05) is 7.05 Å². The van der Waals surface area contributed by atoms with Crippen molar-refractivity contribution in [2.45, 2.75) is 6.04 Å². The van der Waals surface area contributed by atoms with Gasteiger partial charge in [-0.05, 0) is 24.6 Å². The third kappa shape index (κ3) is 1.89. The summed E-state index contributed by atoms with van der Waals surface area (Å²) in [5.41, 5.74) is 3.07. The zero-order valence-corrected chi connectivity index (χ0v) is 10.8. The molecule has 0 radical (unpaired) electrons. The van der Waals surface area contributed by atoms with Crippen LogP contribution in [0.15, 0.2) is 48.1 Å². The van der Waals surface area contributed by atoms with Gasteiger partial charge in [0.05, 0.1) is 17.1 Å². The van der Waals surface area contributed by atoms with Gasteiger partial charge in [-0.25, -0.2) is 0 Å². The number of aromatic nitrogens is 2. The van der Waals surface area contributed by atoms with Crippen LogP contribution in [0, 0.1) is 0 Å². The van der Waals surface area contributed by atoms with Crippen molar-refractivity contribution in [3.8, 4) is 0 Å². The van der Waals surface area contributed by atoms with Crippen molar-refractivity contribution < 1.29 is 0 Å². The number of fused-ring (bicyclic) bond motifs is 1. The summed E-state index contributed by atoms with van der Waals surface area (Å²) in [5.74, 6) is 0. The lowest BCUT2D eigenvalue weighted by Gasteiger charge is -2.16. The molecule has 18 heavy (non-hydrogen) atoms. The van der Waals surface area contributed by atoms with Gasteiger partial charge in [0.1, 0.15) is 0 Å². The number of hydrogen-bond acceptors (Lipinski definition) is 4. The van der Waals surface area contributed by atoms with Crippen LogP contribution in [-0.4, -0.2) is 17.0 Å². The van der Waals surface area contributed by atoms with Crippen LogP contribution in [0.5, 0.6) is 0 Å². The predicted molar refractivity (Wildman–Crippen MR) is 74.8 cm³/mol. The third-order valence-electron chi connectivity index (χ3n) is 2.96. The molecule has 2 heterocycles. The van der Waals surface area contributed by atoms with Gasteiger partial charge in [-0.3, -0.25) is 9.97 Å². The highest BCUT2D eigenvalue weighted by Gasteiger charge is 2.16. The average Bonchev–Trinajstić information content (AvgIpc) is 2.94. The molecule has 3 nitrogen and oxygen atoms in total. The molecule has 0 saturated carbocycles. The van der Waals surface area contributed by atoms with Gasteiger partial charge in [-0.2, -0.15) is 0 Å². The number of hydrogen-bond donors (Lipinski definition) is 1. The van der Waals surface area contributed by atoms with Crippen molar-refractivity contribution in [1.29, 1.82) is 0 Å².